The maximum absolute atomic E-state index is 13.4. The molecule has 220 valence electrons. The number of fused-ring (bicyclic) bond motifs is 1. The molecule has 10 nitrogen and oxygen atoms in total. The highest BCUT2D eigenvalue weighted by molar-refractivity contribution is 6.30. The molecule has 0 bridgehead atoms. The zero-order valence-corrected chi connectivity index (χ0v) is 23.6. The molecule has 1 aliphatic heterocycles. The molecule has 1 saturated heterocycles. The summed E-state index contributed by atoms with van der Waals surface area (Å²) < 4.78 is 28.3. The van der Waals surface area contributed by atoms with Crippen molar-refractivity contribution in [2.45, 2.75) is 38.2 Å². The van der Waals surface area contributed by atoms with Gasteiger partial charge in [0, 0.05) is 49.3 Å². The van der Waals surface area contributed by atoms with Crippen LogP contribution in [-0.2, 0) is 4.79 Å². The van der Waals surface area contributed by atoms with Crippen molar-refractivity contribution < 1.29 is 23.5 Å². The van der Waals surface area contributed by atoms with Gasteiger partial charge in [-0.1, -0.05) is 23.7 Å². The number of carbonyl (C=O) groups is 2. The summed E-state index contributed by atoms with van der Waals surface area (Å²) in [5.41, 5.74) is 3.27. The minimum absolute atomic E-state index is 0.00257. The van der Waals surface area contributed by atoms with Crippen molar-refractivity contribution in [3.8, 4) is 11.3 Å². The first kappa shape index (κ1) is 29.5. The number of likely N-dealkylation sites (tertiary alicyclic amines) is 1. The highest BCUT2D eigenvalue weighted by atomic mass is 35.5. The van der Waals surface area contributed by atoms with E-state index in [1.54, 1.807) is 66.7 Å². The van der Waals surface area contributed by atoms with Gasteiger partial charge in [0.05, 0.1) is 35.8 Å². The SMILES string of the molecule is Cc1ncc(-c2ccc3nc(NC(=O)CN4CCC(F)(F)CC4)cn3n2)cc1C(=O)NCC[C@@H](O)c1ccc(Cl)cc1. The Balaban J connectivity index is 1.21. The van der Waals surface area contributed by atoms with Gasteiger partial charge < -0.3 is 15.7 Å². The van der Waals surface area contributed by atoms with E-state index in [-0.39, 0.29) is 56.7 Å². The van der Waals surface area contributed by atoms with Crippen molar-refractivity contribution in [2.24, 2.45) is 0 Å². The van der Waals surface area contributed by atoms with Crippen LogP contribution in [0, 0.1) is 6.92 Å². The van der Waals surface area contributed by atoms with Crippen molar-refractivity contribution in [1.29, 1.82) is 0 Å². The van der Waals surface area contributed by atoms with Crippen LogP contribution in [0.3, 0.4) is 0 Å². The lowest BCUT2D eigenvalue weighted by atomic mass is 10.1. The molecule has 0 radical (unpaired) electrons. The van der Waals surface area contributed by atoms with E-state index in [1.165, 1.54) is 4.52 Å². The predicted molar refractivity (Wildman–Crippen MR) is 154 cm³/mol. The fourth-order valence-electron chi connectivity index (χ4n) is 4.69. The maximum Gasteiger partial charge on any atom is 0.253 e. The van der Waals surface area contributed by atoms with Crippen LogP contribution in [0.2, 0.25) is 5.02 Å². The average molecular weight is 598 g/mol. The number of amides is 2. The zero-order chi connectivity index (χ0) is 29.9. The van der Waals surface area contributed by atoms with E-state index in [2.05, 4.69) is 25.7 Å². The first-order chi connectivity index (χ1) is 20.1. The number of rotatable bonds is 9. The Bertz CT molecular complexity index is 1590. The van der Waals surface area contributed by atoms with Gasteiger partial charge in [-0.05, 0) is 49.2 Å². The predicted octanol–water partition coefficient (Wildman–Crippen LogP) is 4.28. The lowest BCUT2D eigenvalue weighted by Gasteiger charge is -2.30. The summed E-state index contributed by atoms with van der Waals surface area (Å²) in [5, 5.41) is 21.1. The van der Waals surface area contributed by atoms with Crippen molar-refractivity contribution >= 4 is 34.9 Å². The second-order valence-corrected chi connectivity index (χ2v) is 10.7. The third-order valence-electron chi connectivity index (χ3n) is 7.13. The second-order valence-electron chi connectivity index (χ2n) is 10.3. The van der Waals surface area contributed by atoms with Crippen LogP contribution in [0.25, 0.3) is 16.9 Å². The number of halogens is 3. The Morgan fingerprint density at radius 1 is 1.14 bits per heavy atom. The normalized spacial score (nSPS) is 15.8. The summed E-state index contributed by atoms with van der Waals surface area (Å²) in [6.45, 7) is 2.31. The van der Waals surface area contributed by atoms with Gasteiger partial charge in [-0.2, -0.15) is 5.10 Å². The minimum atomic E-state index is -2.67. The maximum atomic E-state index is 13.4. The van der Waals surface area contributed by atoms with Gasteiger partial charge in [0.15, 0.2) is 11.5 Å². The number of alkyl halides is 2. The molecule has 0 spiro atoms. The van der Waals surface area contributed by atoms with Crippen LogP contribution in [0.1, 0.15) is 47.0 Å². The molecule has 3 N–H and O–H groups in total. The van der Waals surface area contributed by atoms with E-state index in [1.807, 2.05) is 0 Å². The number of aromatic nitrogens is 4. The van der Waals surface area contributed by atoms with Gasteiger partial charge in [0.25, 0.3) is 11.8 Å². The van der Waals surface area contributed by atoms with E-state index in [0.29, 0.717) is 45.2 Å². The summed E-state index contributed by atoms with van der Waals surface area (Å²) in [5.74, 6) is -3.05. The number of hydrogen-bond acceptors (Lipinski definition) is 7. The molecule has 5 rings (SSSR count). The van der Waals surface area contributed by atoms with Gasteiger partial charge in [0.2, 0.25) is 5.91 Å². The van der Waals surface area contributed by atoms with Crippen LogP contribution in [0.15, 0.2) is 54.9 Å². The van der Waals surface area contributed by atoms with E-state index in [0.717, 1.165) is 0 Å². The van der Waals surface area contributed by atoms with Crippen molar-refractivity contribution in [3.05, 3.63) is 76.7 Å². The number of anilines is 1. The number of nitrogens with zero attached hydrogens (tertiary/aromatic N) is 5. The number of aliphatic hydroxyl groups excluding tert-OH is 1. The van der Waals surface area contributed by atoms with Crippen LogP contribution in [0.5, 0.6) is 0 Å². The minimum Gasteiger partial charge on any atom is -0.388 e. The fraction of sp³-hybridized carbons (Fsp3) is 0.345. The van der Waals surface area contributed by atoms with Crippen molar-refractivity contribution in [1.82, 2.24) is 29.8 Å². The summed E-state index contributed by atoms with van der Waals surface area (Å²) in [6, 6.07) is 12.1. The molecule has 1 aromatic carbocycles. The Morgan fingerprint density at radius 2 is 1.88 bits per heavy atom. The molecule has 0 saturated carbocycles. The second kappa shape index (κ2) is 12.5. The molecular weight excluding hydrogens is 568 g/mol. The van der Waals surface area contributed by atoms with Crippen LogP contribution < -0.4 is 10.6 Å². The molecular formula is C29H30ClF2N7O3. The van der Waals surface area contributed by atoms with Gasteiger partial charge in [0.1, 0.15) is 0 Å². The van der Waals surface area contributed by atoms with E-state index >= 15 is 0 Å². The number of piperidine rings is 1. The monoisotopic (exact) mass is 597 g/mol. The molecule has 4 aromatic rings. The number of pyridine rings is 1. The number of carbonyl (C=O) groups excluding carboxylic acids is 2. The highest BCUT2D eigenvalue weighted by Crippen LogP contribution is 2.27. The molecule has 13 heteroatoms. The van der Waals surface area contributed by atoms with E-state index < -0.39 is 12.0 Å². The summed E-state index contributed by atoms with van der Waals surface area (Å²) in [6.07, 6.45) is 2.24. The smallest absolute Gasteiger partial charge is 0.253 e. The molecule has 1 aliphatic rings. The molecule has 1 fully saturated rings. The van der Waals surface area contributed by atoms with Gasteiger partial charge in [-0.15, -0.1) is 0 Å². The largest absolute Gasteiger partial charge is 0.388 e. The summed E-state index contributed by atoms with van der Waals surface area (Å²) in [4.78, 5) is 35.8. The van der Waals surface area contributed by atoms with Crippen molar-refractivity contribution in [2.75, 3.05) is 31.5 Å². The van der Waals surface area contributed by atoms with Crippen LogP contribution >= 0.6 is 11.6 Å². The lowest BCUT2D eigenvalue weighted by molar-refractivity contribution is -0.119. The molecule has 2 amide bonds. The molecule has 0 unspecified atom stereocenters. The van der Waals surface area contributed by atoms with Crippen molar-refractivity contribution in [3.63, 3.8) is 0 Å². The third kappa shape index (κ3) is 7.25. The number of imidazole rings is 1. The van der Waals surface area contributed by atoms with E-state index in [4.69, 9.17) is 11.6 Å². The first-order valence-electron chi connectivity index (χ1n) is 13.5. The van der Waals surface area contributed by atoms with Crippen LogP contribution in [-0.4, -0.2) is 73.5 Å². The number of nitrogens with one attached hydrogen (secondary N) is 2. The third-order valence-corrected chi connectivity index (χ3v) is 7.38. The Kier molecular flexibility index (Phi) is 8.76. The zero-order valence-electron chi connectivity index (χ0n) is 22.9. The standard InChI is InChI=1S/C29H30ClF2N7O3/c1-18-22(28(42)33-11-8-24(40)19-2-4-21(30)5-3-19)14-20(15-34-18)23-6-7-26-35-25(16-39(26)37-23)36-27(41)17-38-12-9-29(31,32)10-13-38/h2-7,14-16,24,40H,8-13,17H2,1H3,(H,33,42)(H,36,41)/t24-/m1/s1. The Labute approximate surface area is 245 Å². The summed E-state index contributed by atoms with van der Waals surface area (Å²) >= 11 is 5.90. The Hall–Kier alpha value is -4.00. The molecule has 1 atom stereocenters. The topological polar surface area (TPSA) is 125 Å². The molecule has 3 aromatic heterocycles. The molecule has 0 aliphatic carbocycles. The highest BCUT2D eigenvalue weighted by Gasteiger charge is 2.34. The first-order valence-corrected chi connectivity index (χ1v) is 13.9. The fourth-order valence-corrected chi connectivity index (χ4v) is 4.82. The number of hydrogen-bond donors (Lipinski definition) is 3. The lowest BCUT2D eigenvalue weighted by Crippen LogP contribution is -2.43. The van der Waals surface area contributed by atoms with Crippen LogP contribution in [0.4, 0.5) is 14.6 Å². The number of aryl methyl sites for hydroxylation is 1. The van der Waals surface area contributed by atoms with E-state index in [9.17, 15) is 23.5 Å². The Morgan fingerprint density at radius 3 is 2.62 bits per heavy atom. The van der Waals surface area contributed by atoms with Gasteiger partial charge in [-0.3, -0.25) is 19.5 Å². The quantitative estimate of drug-likeness (QED) is 0.263. The average Bonchev–Trinajstić information content (AvgIpc) is 3.36. The van der Waals surface area contributed by atoms with Gasteiger partial charge >= 0.3 is 0 Å². The number of benzene rings is 1. The molecule has 4 heterocycles. The molecule has 42 heavy (non-hydrogen) atoms. The van der Waals surface area contributed by atoms with Gasteiger partial charge in [-0.25, -0.2) is 18.3 Å². The number of aliphatic hydroxyl groups is 1. The summed E-state index contributed by atoms with van der Waals surface area (Å²) in [7, 11) is 0.